The first kappa shape index (κ1) is 9.28. The molecule has 2 radical (unpaired) electrons. The first-order valence-electron chi connectivity index (χ1n) is 3.47. The van der Waals surface area contributed by atoms with E-state index in [9.17, 15) is 0 Å². The maximum absolute atomic E-state index is 5.51. The van der Waals surface area contributed by atoms with E-state index in [1.54, 1.807) is 6.08 Å². The Morgan fingerprint density at radius 2 is 2.10 bits per heavy atom. The molecule has 0 nitrogen and oxygen atoms in total. The van der Waals surface area contributed by atoms with Gasteiger partial charge in [-0.15, -0.1) is 0 Å². The smallest absolute Gasteiger partial charge is 0.0699 e. The van der Waals surface area contributed by atoms with Gasteiger partial charge in [-0.25, -0.2) is 0 Å². The van der Waals surface area contributed by atoms with Crippen molar-refractivity contribution < 1.29 is 0 Å². The summed E-state index contributed by atoms with van der Waals surface area (Å²) < 4.78 is 0. The minimum absolute atomic E-state index is 0.258. The molecule has 1 heteroatoms. The molecule has 0 N–H and O–H groups in total. The minimum Gasteiger partial charge on any atom is -0.0991 e. The Morgan fingerprint density at radius 1 is 1.40 bits per heavy atom. The van der Waals surface area contributed by atoms with Gasteiger partial charge in [0.05, 0.1) is 7.85 Å². The summed E-state index contributed by atoms with van der Waals surface area (Å²) in [6, 6.07) is 0. The first-order chi connectivity index (χ1) is 4.77. The van der Waals surface area contributed by atoms with Gasteiger partial charge in [-0.2, -0.15) is 0 Å². The Morgan fingerprint density at radius 3 is 2.60 bits per heavy atom. The summed E-state index contributed by atoms with van der Waals surface area (Å²) in [6.07, 6.45) is 10.5. The number of rotatable bonds is 4. The molecule has 0 rings (SSSR count). The normalized spacial score (nSPS) is 14.5. The predicted octanol–water partition coefficient (Wildman–Crippen LogP) is 2.65. The Balaban J connectivity index is 3.37. The molecule has 0 amide bonds. The fourth-order valence-corrected chi connectivity index (χ4v) is 0.515. The number of hydrogen-bond donors (Lipinski definition) is 0. The van der Waals surface area contributed by atoms with Crippen LogP contribution in [0.25, 0.3) is 0 Å². The fraction of sp³-hybridized carbons (Fsp3) is 0.333. The van der Waals surface area contributed by atoms with E-state index in [2.05, 4.69) is 6.58 Å². The second kappa shape index (κ2) is 6.41. The molecule has 0 aliphatic carbocycles. The van der Waals surface area contributed by atoms with Crippen LogP contribution in [0.15, 0.2) is 37.0 Å². The van der Waals surface area contributed by atoms with Crippen molar-refractivity contribution in [2.24, 2.45) is 0 Å². The standard InChI is InChI=1S/C9H13B/c1-3-4-5-6-7-8-9(2)10/h3-7,9H,1,8H2,2H3/b5-4-,7-6-/t9-/m1/s1. The third-order valence-electron chi connectivity index (χ3n) is 1.00. The summed E-state index contributed by atoms with van der Waals surface area (Å²) in [5, 5.41) is 0. The van der Waals surface area contributed by atoms with E-state index in [1.807, 2.05) is 31.2 Å². The van der Waals surface area contributed by atoms with Gasteiger partial charge in [-0.05, 0) is 6.42 Å². The topological polar surface area (TPSA) is 0 Å². The quantitative estimate of drug-likeness (QED) is 0.407. The van der Waals surface area contributed by atoms with E-state index >= 15 is 0 Å². The van der Waals surface area contributed by atoms with Gasteiger partial charge < -0.3 is 0 Å². The third-order valence-corrected chi connectivity index (χ3v) is 1.00. The molecular weight excluding hydrogens is 119 g/mol. The number of allylic oxidation sites excluding steroid dienone is 5. The lowest BCUT2D eigenvalue weighted by Gasteiger charge is -1.94. The Hall–Kier alpha value is -0.715. The fourth-order valence-electron chi connectivity index (χ4n) is 0.515. The van der Waals surface area contributed by atoms with E-state index in [-0.39, 0.29) is 5.82 Å². The molecule has 52 valence electrons. The summed E-state index contributed by atoms with van der Waals surface area (Å²) in [5.74, 6) is 0.258. The zero-order chi connectivity index (χ0) is 7.82. The zero-order valence-corrected chi connectivity index (χ0v) is 6.46. The van der Waals surface area contributed by atoms with Crippen molar-refractivity contribution in [2.45, 2.75) is 19.2 Å². The molecule has 0 saturated heterocycles. The molecule has 0 heterocycles. The molecule has 0 aliphatic heterocycles. The van der Waals surface area contributed by atoms with Crippen LogP contribution in [-0.2, 0) is 0 Å². The largest absolute Gasteiger partial charge is 0.0991 e. The minimum atomic E-state index is 0.258. The second-order valence-corrected chi connectivity index (χ2v) is 2.26. The Labute approximate surface area is 64.7 Å². The molecule has 0 spiro atoms. The highest BCUT2D eigenvalue weighted by atomic mass is 13.8. The van der Waals surface area contributed by atoms with Crippen LogP contribution in [-0.4, -0.2) is 7.85 Å². The SMILES string of the molecule is [B][C@H](C)C/C=C\C=C/C=C. The lowest BCUT2D eigenvalue weighted by molar-refractivity contribution is 0.951. The van der Waals surface area contributed by atoms with Crippen LogP contribution in [0.3, 0.4) is 0 Å². The Kier molecular flexibility index (Phi) is 5.95. The molecule has 10 heavy (non-hydrogen) atoms. The van der Waals surface area contributed by atoms with Gasteiger partial charge in [-0.1, -0.05) is 49.7 Å². The summed E-state index contributed by atoms with van der Waals surface area (Å²) in [6.45, 7) is 5.54. The summed E-state index contributed by atoms with van der Waals surface area (Å²) in [7, 11) is 5.51. The van der Waals surface area contributed by atoms with Gasteiger partial charge in [-0.3, -0.25) is 0 Å². The number of hydrogen-bond acceptors (Lipinski definition) is 0. The van der Waals surface area contributed by atoms with Crippen molar-refractivity contribution in [3.8, 4) is 0 Å². The van der Waals surface area contributed by atoms with Crippen LogP contribution in [0.5, 0.6) is 0 Å². The summed E-state index contributed by atoms with van der Waals surface area (Å²) >= 11 is 0. The van der Waals surface area contributed by atoms with Crippen LogP contribution in [0.1, 0.15) is 13.3 Å². The van der Waals surface area contributed by atoms with E-state index in [0.29, 0.717) is 0 Å². The summed E-state index contributed by atoms with van der Waals surface area (Å²) in [5.41, 5.74) is 0. The van der Waals surface area contributed by atoms with Crippen LogP contribution < -0.4 is 0 Å². The second-order valence-electron chi connectivity index (χ2n) is 2.26. The molecular formula is C9H13B. The highest BCUT2D eigenvalue weighted by Gasteiger charge is 1.84. The average Bonchev–Trinajstić information content (AvgIpc) is 1.87. The molecule has 0 aliphatic rings. The van der Waals surface area contributed by atoms with E-state index in [4.69, 9.17) is 7.85 Å². The molecule has 0 bridgehead atoms. The molecule has 0 aromatic carbocycles. The third kappa shape index (κ3) is 7.28. The lowest BCUT2D eigenvalue weighted by atomic mass is 9.87. The predicted molar refractivity (Wildman–Crippen MR) is 48.3 cm³/mol. The van der Waals surface area contributed by atoms with Crippen molar-refractivity contribution in [1.82, 2.24) is 0 Å². The molecule has 0 unspecified atom stereocenters. The zero-order valence-electron chi connectivity index (χ0n) is 6.46. The molecule has 0 fully saturated rings. The molecule has 0 saturated carbocycles. The summed E-state index contributed by atoms with van der Waals surface area (Å²) in [4.78, 5) is 0. The van der Waals surface area contributed by atoms with Crippen LogP contribution in [0, 0.1) is 0 Å². The van der Waals surface area contributed by atoms with Gasteiger partial charge in [0.2, 0.25) is 0 Å². The van der Waals surface area contributed by atoms with Crippen molar-refractivity contribution >= 4 is 7.85 Å². The molecule has 1 atom stereocenters. The van der Waals surface area contributed by atoms with Crippen molar-refractivity contribution in [3.63, 3.8) is 0 Å². The monoisotopic (exact) mass is 132 g/mol. The van der Waals surface area contributed by atoms with Gasteiger partial charge in [0.1, 0.15) is 0 Å². The highest BCUT2D eigenvalue weighted by molar-refractivity contribution is 6.11. The lowest BCUT2D eigenvalue weighted by Crippen LogP contribution is -1.79. The van der Waals surface area contributed by atoms with E-state index in [0.717, 1.165) is 6.42 Å². The van der Waals surface area contributed by atoms with Crippen LogP contribution >= 0.6 is 0 Å². The first-order valence-corrected chi connectivity index (χ1v) is 3.47. The van der Waals surface area contributed by atoms with Crippen LogP contribution in [0.4, 0.5) is 0 Å². The van der Waals surface area contributed by atoms with Gasteiger partial charge in [0.25, 0.3) is 0 Å². The van der Waals surface area contributed by atoms with Gasteiger partial charge >= 0.3 is 0 Å². The average molecular weight is 132 g/mol. The van der Waals surface area contributed by atoms with Crippen LogP contribution in [0.2, 0.25) is 5.82 Å². The Bertz CT molecular complexity index is 132. The van der Waals surface area contributed by atoms with Gasteiger partial charge in [0.15, 0.2) is 0 Å². The van der Waals surface area contributed by atoms with E-state index in [1.165, 1.54) is 0 Å². The van der Waals surface area contributed by atoms with Crippen molar-refractivity contribution in [3.05, 3.63) is 37.0 Å². The molecule has 0 aromatic rings. The van der Waals surface area contributed by atoms with Crippen molar-refractivity contribution in [1.29, 1.82) is 0 Å². The van der Waals surface area contributed by atoms with Crippen molar-refractivity contribution in [2.75, 3.05) is 0 Å². The highest BCUT2D eigenvalue weighted by Crippen LogP contribution is 2.02. The maximum atomic E-state index is 5.51. The van der Waals surface area contributed by atoms with Gasteiger partial charge in [0, 0.05) is 0 Å². The molecule has 0 aromatic heterocycles. The van der Waals surface area contributed by atoms with E-state index < -0.39 is 0 Å². The maximum Gasteiger partial charge on any atom is 0.0699 e.